The van der Waals surface area contributed by atoms with Crippen LogP contribution in [0.2, 0.25) is 10.0 Å². The molecular weight excluding hydrogens is 499 g/mol. The largest absolute Gasteiger partial charge is 0.573 e. The molecule has 0 saturated heterocycles. The van der Waals surface area contributed by atoms with Crippen LogP contribution in [-0.4, -0.2) is 28.0 Å². The first-order valence-corrected chi connectivity index (χ1v) is 10.7. The molecule has 0 spiro atoms. The molecule has 3 aromatic carbocycles. The predicted molar refractivity (Wildman–Crippen MR) is 120 cm³/mol. The van der Waals surface area contributed by atoms with Crippen molar-refractivity contribution in [2.75, 3.05) is 6.61 Å². The van der Waals surface area contributed by atoms with Crippen molar-refractivity contribution >= 4 is 34.2 Å². The number of imidazole rings is 1. The Bertz CT molecular complexity index is 1360. The highest BCUT2D eigenvalue weighted by Crippen LogP contribution is 2.44. The number of aromatic amines is 1. The van der Waals surface area contributed by atoms with Crippen LogP contribution in [0.4, 0.5) is 17.6 Å². The summed E-state index contributed by atoms with van der Waals surface area (Å²) in [5, 5.41) is 10.7. The maximum atomic E-state index is 14.5. The van der Waals surface area contributed by atoms with Gasteiger partial charge in [-0.25, -0.2) is 9.37 Å². The lowest BCUT2D eigenvalue weighted by Gasteiger charge is -2.15. The zero-order valence-electron chi connectivity index (χ0n) is 17.4. The van der Waals surface area contributed by atoms with Gasteiger partial charge >= 0.3 is 6.36 Å². The molecule has 4 aromatic rings. The van der Waals surface area contributed by atoms with Crippen LogP contribution in [0.5, 0.6) is 11.5 Å². The molecule has 1 heterocycles. The quantitative estimate of drug-likeness (QED) is 0.270. The molecule has 0 saturated carbocycles. The summed E-state index contributed by atoms with van der Waals surface area (Å²) in [4.78, 5) is 7.10. The molecule has 0 aliphatic rings. The number of aromatic nitrogens is 2. The smallest absolute Gasteiger partial charge is 0.494 e. The molecule has 0 aliphatic heterocycles. The summed E-state index contributed by atoms with van der Waals surface area (Å²) in [6.07, 6.45) is -6.41. The number of hydrogen-bond acceptors (Lipinski definition) is 4. The van der Waals surface area contributed by atoms with Crippen LogP contribution in [0.1, 0.15) is 24.4 Å². The number of benzene rings is 3. The lowest BCUT2D eigenvalue weighted by Crippen LogP contribution is -2.17. The number of para-hydroxylation sites is 1. The van der Waals surface area contributed by atoms with Gasteiger partial charge in [-0.2, -0.15) is 0 Å². The van der Waals surface area contributed by atoms with Gasteiger partial charge < -0.3 is 19.6 Å². The van der Waals surface area contributed by atoms with Crippen LogP contribution in [0.25, 0.3) is 22.2 Å². The fraction of sp³-hybridized carbons (Fsp3) is 0.174. The normalized spacial score (nSPS) is 12.7. The average Bonchev–Trinajstić information content (AvgIpc) is 3.18. The summed E-state index contributed by atoms with van der Waals surface area (Å²) in [6, 6.07) is 10.8. The first-order valence-electron chi connectivity index (χ1n) is 9.92. The van der Waals surface area contributed by atoms with Crippen molar-refractivity contribution in [3.8, 4) is 22.6 Å². The van der Waals surface area contributed by atoms with Crippen molar-refractivity contribution in [3.05, 3.63) is 75.8 Å². The molecule has 5 nitrogen and oxygen atoms in total. The van der Waals surface area contributed by atoms with Crippen LogP contribution >= 0.6 is 23.2 Å². The van der Waals surface area contributed by atoms with Crippen molar-refractivity contribution in [1.82, 2.24) is 9.97 Å². The number of aliphatic hydroxyl groups is 1. The molecule has 1 unspecified atom stereocenters. The number of alkyl halides is 3. The van der Waals surface area contributed by atoms with Crippen molar-refractivity contribution in [1.29, 1.82) is 0 Å². The SMILES string of the molecule is CCOc1ccc(C(O)c2nc3c(Cl)c(-c4ccccc4OC(F)(F)F)c(Cl)cc3[nH]2)c(F)c1. The second kappa shape index (κ2) is 9.32. The van der Waals surface area contributed by atoms with E-state index in [4.69, 9.17) is 27.9 Å². The second-order valence-corrected chi connectivity index (χ2v) is 7.91. The molecule has 1 aromatic heterocycles. The van der Waals surface area contributed by atoms with Crippen LogP contribution in [0.15, 0.2) is 48.5 Å². The van der Waals surface area contributed by atoms with E-state index in [1.165, 1.54) is 36.4 Å². The standard InChI is InChI=1S/C23H16Cl2F4N2O3/c1-2-33-11-7-8-12(15(26)9-11)21(32)22-30-16-10-14(24)18(19(25)20(16)31-22)13-5-3-4-6-17(13)34-23(27,28)29/h3-10,21,32H,2H2,1H3,(H,30,31). The van der Waals surface area contributed by atoms with E-state index in [2.05, 4.69) is 14.7 Å². The Labute approximate surface area is 200 Å². The maximum Gasteiger partial charge on any atom is 0.573 e. The van der Waals surface area contributed by atoms with Gasteiger partial charge in [-0.1, -0.05) is 41.4 Å². The Balaban J connectivity index is 1.78. The van der Waals surface area contributed by atoms with Crippen LogP contribution < -0.4 is 9.47 Å². The number of rotatable bonds is 6. The number of fused-ring (bicyclic) bond motifs is 1. The summed E-state index contributed by atoms with van der Waals surface area (Å²) in [6.45, 7) is 2.11. The van der Waals surface area contributed by atoms with Gasteiger partial charge in [0, 0.05) is 22.8 Å². The van der Waals surface area contributed by atoms with Crippen molar-refractivity contribution in [2.45, 2.75) is 19.4 Å². The number of ether oxygens (including phenoxy) is 2. The van der Waals surface area contributed by atoms with Gasteiger partial charge in [0.15, 0.2) is 0 Å². The fourth-order valence-electron chi connectivity index (χ4n) is 3.50. The first kappa shape index (κ1) is 24.1. The van der Waals surface area contributed by atoms with Gasteiger partial charge in [-0.15, -0.1) is 13.2 Å². The van der Waals surface area contributed by atoms with E-state index in [-0.39, 0.29) is 38.1 Å². The number of halogens is 6. The topological polar surface area (TPSA) is 67.4 Å². The third-order valence-electron chi connectivity index (χ3n) is 4.91. The van der Waals surface area contributed by atoms with E-state index in [9.17, 15) is 22.7 Å². The van der Waals surface area contributed by atoms with Crippen molar-refractivity contribution in [3.63, 3.8) is 0 Å². The Morgan fingerprint density at radius 1 is 1.12 bits per heavy atom. The number of aliphatic hydroxyl groups excluding tert-OH is 1. The fourth-order valence-corrected chi connectivity index (χ4v) is 4.20. The van der Waals surface area contributed by atoms with E-state index in [1.807, 2.05) is 0 Å². The molecule has 0 radical (unpaired) electrons. The lowest BCUT2D eigenvalue weighted by atomic mass is 10.0. The number of nitrogens with one attached hydrogen (secondary N) is 1. The zero-order valence-corrected chi connectivity index (χ0v) is 18.9. The van der Waals surface area contributed by atoms with Crippen molar-refractivity contribution < 1.29 is 32.1 Å². The summed E-state index contributed by atoms with van der Waals surface area (Å²) < 4.78 is 62.5. The minimum absolute atomic E-state index is 0.000573. The minimum Gasteiger partial charge on any atom is -0.494 e. The Morgan fingerprint density at radius 2 is 1.85 bits per heavy atom. The molecule has 0 fully saturated rings. The summed E-state index contributed by atoms with van der Waals surface area (Å²) in [5.74, 6) is -0.930. The maximum absolute atomic E-state index is 14.5. The Morgan fingerprint density at radius 3 is 2.53 bits per heavy atom. The van der Waals surface area contributed by atoms with Gasteiger partial charge in [-0.05, 0) is 31.2 Å². The summed E-state index contributed by atoms with van der Waals surface area (Å²) in [7, 11) is 0. The summed E-state index contributed by atoms with van der Waals surface area (Å²) in [5.41, 5.74) is 0.431. The van der Waals surface area contributed by atoms with E-state index in [1.54, 1.807) is 6.92 Å². The third-order valence-corrected chi connectivity index (χ3v) is 5.57. The number of nitrogens with zero attached hydrogens (tertiary/aromatic N) is 1. The average molecular weight is 515 g/mol. The van der Waals surface area contributed by atoms with Gasteiger partial charge in [-0.3, -0.25) is 0 Å². The number of hydrogen-bond donors (Lipinski definition) is 2. The summed E-state index contributed by atoms with van der Waals surface area (Å²) >= 11 is 12.9. The Hall–Kier alpha value is -3.01. The number of H-pyrrole nitrogens is 1. The molecule has 34 heavy (non-hydrogen) atoms. The van der Waals surface area contributed by atoms with E-state index >= 15 is 0 Å². The second-order valence-electron chi connectivity index (χ2n) is 7.13. The highest BCUT2D eigenvalue weighted by atomic mass is 35.5. The van der Waals surface area contributed by atoms with Crippen LogP contribution in [0, 0.1) is 5.82 Å². The van der Waals surface area contributed by atoms with Crippen LogP contribution in [0.3, 0.4) is 0 Å². The van der Waals surface area contributed by atoms with Gasteiger partial charge in [0.2, 0.25) is 0 Å². The highest BCUT2D eigenvalue weighted by molar-refractivity contribution is 6.42. The van der Waals surface area contributed by atoms with Crippen LogP contribution in [-0.2, 0) is 0 Å². The predicted octanol–water partition coefficient (Wildman–Crippen LogP) is 7.05. The molecule has 0 amide bonds. The molecule has 178 valence electrons. The third kappa shape index (κ3) is 4.77. The molecule has 0 aliphatic carbocycles. The van der Waals surface area contributed by atoms with Crippen molar-refractivity contribution in [2.24, 2.45) is 0 Å². The first-order chi connectivity index (χ1) is 16.1. The monoisotopic (exact) mass is 514 g/mol. The van der Waals surface area contributed by atoms with E-state index in [0.717, 1.165) is 12.1 Å². The minimum atomic E-state index is -4.93. The van der Waals surface area contributed by atoms with E-state index in [0.29, 0.717) is 17.9 Å². The lowest BCUT2D eigenvalue weighted by molar-refractivity contribution is -0.274. The molecule has 2 N–H and O–H groups in total. The molecular formula is C23H16Cl2F4N2O3. The van der Waals surface area contributed by atoms with E-state index < -0.39 is 24.0 Å². The Kier molecular flexibility index (Phi) is 6.62. The molecule has 1 atom stereocenters. The zero-order chi connectivity index (χ0) is 24.6. The van der Waals surface area contributed by atoms with Gasteiger partial charge in [0.25, 0.3) is 0 Å². The molecule has 4 rings (SSSR count). The highest BCUT2D eigenvalue weighted by Gasteiger charge is 2.33. The molecule has 0 bridgehead atoms. The van der Waals surface area contributed by atoms with Gasteiger partial charge in [0.1, 0.15) is 34.8 Å². The molecule has 11 heteroatoms. The van der Waals surface area contributed by atoms with Gasteiger partial charge in [0.05, 0.1) is 22.2 Å².